The zero-order chi connectivity index (χ0) is 10.0. The molecule has 0 aromatic heterocycles. The largest absolute Gasteiger partial charge is 0.478 e. The Morgan fingerprint density at radius 3 is 2.69 bits per heavy atom. The van der Waals surface area contributed by atoms with Crippen LogP contribution in [0, 0.1) is 3.57 Å². The monoisotopic (exact) mass is 291 g/mol. The lowest BCUT2D eigenvalue weighted by molar-refractivity contribution is 0.0695. The number of hydrogen-bond donors (Lipinski definition) is 2. The summed E-state index contributed by atoms with van der Waals surface area (Å²) in [5, 5.41) is 8.88. The molecule has 70 valence electrons. The molecule has 0 saturated heterocycles. The molecule has 0 unspecified atom stereocenters. The van der Waals surface area contributed by atoms with Crippen LogP contribution in [0.5, 0.6) is 0 Å². The number of hydrogen-bond acceptors (Lipinski definition) is 2. The van der Waals surface area contributed by atoms with Crippen LogP contribution in [-0.4, -0.2) is 11.1 Å². The molecule has 0 aliphatic carbocycles. The van der Waals surface area contributed by atoms with Crippen LogP contribution in [-0.2, 0) is 0 Å². The Morgan fingerprint density at radius 2 is 2.23 bits per heavy atom. The number of nitrogens with two attached hydrogens (primary N) is 1. The van der Waals surface area contributed by atoms with Gasteiger partial charge in [0.1, 0.15) is 0 Å². The third kappa shape index (κ3) is 2.41. The number of aromatic carboxylic acids is 1. The van der Waals surface area contributed by atoms with E-state index >= 15 is 0 Å². The highest BCUT2D eigenvalue weighted by atomic mass is 127. The van der Waals surface area contributed by atoms with Crippen LogP contribution >= 0.6 is 22.6 Å². The smallest absolute Gasteiger partial charge is 0.336 e. The average molecular weight is 291 g/mol. The molecular weight excluding hydrogens is 281 g/mol. The maximum atomic E-state index is 10.8. The minimum atomic E-state index is -0.925. The van der Waals surface area contributed by atoms with Gasteiger partial charge in [0.2, 0.25) is 0 Å². The van der Waals surface area contributed by atoms with E-state index in [1.54, 1.807) is 19.1 Å². The number of halogens is 1. The molecule has 0 spiro atoms. The Labute approximate surface area is 90.1 Å². The van der Waals surface area contributed by atoms with Gasteiger partial charge in [-0.15, -0.1) is 0 Å². The molecule has 4 heteroatoms. The fourth-order valence-corrected chi connectivity index (χ4v) is 1.60. The molecule has 0 heterocycles. The van der Waals surface area contributed by atoms with Gasteiger partial charge in [0, 0.05) is 9.61 Å². The number of benzene rings is 1. The maximum Gasteiger partial charge on any atom is 0.336 e. The number of carboxylic acids is 1. The summed E-state index contributed by atoms with van der Waals surface area (Å²) in [5.74, 6) is -0.925. The lowest BCUT2D eigenvalue weighted by Gasteiger charge is -2.09. The van der Waals surface area contributed by atoms with E-state index in [1.165, 1.54) is 0 Å². The Kier molecular flexibility index (Phi) is 3.27. The molecule has 1 aromatic carbocycles. The summed E-state index contributed by atoms with van der Waals surface area (Å²) in [6.07, 6.45) is 0. The SMILES string of the molecule is C[C@H](N)c1ccc(I)cc1C(=O)O. The van der Waals surface area contributed by atoms with Crippen LogP contribution in [0.15, 0.2) is 18.2 Å². The summed E-state index contributed by atoms with van der Waals surface area (Å²) >= 11 is 2.07. The van der Waals surface area contributed by atoms with Crippen molar-refractivity contribution in [3.8, 4) is 0 Å². The minimum absolute atomic E-state index is 0.247. The highest BCUT2D eigenvalue weighted by molar-refractivity contribution is 14.1. The lowest BCUT2D eigenvalue weighted by Crippen LogP contribution is -2.11. The summed E-state index contributed by atoms with van der Waals surface area (Å²) < 4.78 is 0.902. The maximum absolute atomic E-state index is 10.8. The number of rotatable bonds is 2. The van der Waals surface area contributed by atoms with Crippen LogP contribution in [0.3, 0.4) is 0 Å². The molecule has 13 heavy (non-hydrogen) atoms. The van der Waals surface area contributed by atoms with Gasteiger partial charge < -0.3 is 10.8 Å². The normalized spacial score (nSPS) is 12.5. The van der Waals surface area contributed by atoms with Gasteiger partial charge in [-0.1, -0.05) is 6.07 Å². The second-order valence-electron chi connectivity index (χ2n) is 2.83. The van der Waals surface area contributed by atoms with E-state index in [0.29, 0.717) is 11.1 Å². The van der Waals surface area contributed by atoms with Crippen LogP contribution in [0.1, 0.15) is 28.9 Å². The van der Waals surface area contributed by atoms with Gasteiger partial charge in [-0.3, -0.25) is 0 Å². The van der Waals surface area contributed by atoms with Gasteiger partial charge in [-0.2, -0.15) is 0 Å². The number of carbonyl (C=O) groups is 1. The molecule has 0 amide bonds. The Morgan fingerprint density at radius 1 is 1.62 bits per heavy atom. The summed E-state index contributed by atoms with van der Waals surface area (Å²) in [5.41, 5.74) is 6.60. The van der Waals surface area contributed by atoms with Crippen molar-refractivity contribution in [2.75, 3.05) is 0 Å². The van der Waals surface area contributed by atoms with Crippen molar-refractivity contribution >= 4 is 28.6 Å². The molecule has 0 saturated carbocycles. The summed E-state index contributed by atoms with van der Waals surface area (Å²) in [6, 6.07) is 4.99. The second kappa shape index (κ2) is 4.06. The third-order valence-electron chi connectivity index (χ3n) is 1.74. The lowest BCUT2D eigenvalue weighted by atomic mass is 10.0. The quantitative estimate of drug-likeness (QED) is 0.819. The summed E-state index contributed by atoms with van der Waals surface area (Å²) in [4.78, 5) is 10.8. The van der Waals surface area contributed by atoms with E-state index in [0.717, 1.165) is 3.57 Å². The van der Waals surface area contributed by atoms with E-state index in [4.69, 9.17) is 10.8 Å². The van der Waals surface area contributed by atoms with E-state index in [9.17, 15) is 4.79 Å². The molecule has 3 nitrogen and oxygen atoms in total. The molecule has 1 atom stereocenters. The molecule has 0 aliphatic heterocycles. The molecule has 3 N–H and O–H groups in total. The molecule has 0 aliphatic rings. The average Bonchev–Trinajstić information content (AvgIpc) is 2.03. The summed E-state index contributed by atoms with van der Waals surface area (Å²) in [6.45, 7) is 1.77. The molecule has 1 aromatic rings. The standard InChI is InChI=1S/C9H10INO2/c1-5(11)7-3-2-6(10)4-8(7)9(12)13/h2-5H,11H2,1H3,(H,12,13)/t5-/m0/s1. The first-order valence-corrected chi connectivity index (χ1v) is 4.88. The van der Waals surface area contributed by atoms with Crippen molar-refractivity contribution in [2.24, 2.45) is 5.73 Å². The van der Waals surface area contributed by atoms with Crippen LogP contribution in [0.25, 0.3) is 0 Å². The zero-order valence-electron chi connectivity index (χ0n) is 7.12. The highest BCUT2D eigenvalue weighted by Crippen LogP contribution is 2.18. The second-order valence-corrected chi connectivity index (χ2v) is 4.07. The molecular formula is C9H10INO2. The van der Waals surface area contributed by atoms with E-state index in [1.807, 2.05) is 6.07 Å². The fourth-order valence-electron chi connectivity index (χ4n) is 1.11. The van der Waals surface area contributed by atoms with Crippen molar-refractivity contribution < 1.29 is 9.90 Å². The summed E-state index contributed by atoms with van der Waals surface area (Å²) in [7, 11) is 0. The molecule has 0 radical (unpaired) electrons. The van der Waals surface area contributed by atoms with Gasteiger partial charge in [-0.05, 0) is 47.2 Å². The Balaban J connectivity index is 3.27. The van der Waals surface area contributed by atoms with Crippen LogP contribution < -0.4 is 5.73 Å². The topological polar surface area (TPSA) is 63.3 Å². The van der Waals surface area contributed by atoms with Gasteiger partial charge in [0.15, 0.2) is 0 Å². The van der Waals surface area contributed by atoms with Gasteiger partial charge >= 0.3 is 5.97 Å². The van der Waals surface area contributed by atoms with Crippen LogP contribution in [0.2, 0.25) is 0 Å². The van der Waals surface area contributed by atoms with Crippen molar-refractivity contribution in [1.82, 2.24) is 0 Å². The first-order chi connectivity index (χ1) is 6.02. The van der Waals surface area contributed by atoms with Gasteiger partial charge in [0.25, 0.3) is 0 Å². The Hall–Kier alpha value is -0.620. The van der Waals surface area contributed by atoms with Crippen molar-refractivity contribution in [3.05, 3.63) is 32.9 Å². The predicted molar refractivity (Wildman–Crippen MR) is 58.7 cm³/mol. The fraction of sp³-hybridized carbons (Fsp3) is 0.222. The highest BCUT2D eigenvalue weighted by Gasteiger charge is 2.12. The van der Waals surface area contributed by atoms with E-state index in [-0.39, 0.29) is 6.04 Å². The van der Waals surface area contributed by atoms with Crippen LogP contribution in [0.4, 0.5) is 0 Å². The predicted octanol–water partition coefficient (Wildman–Crippen LogP) is 2.01. The van der Waals surface area contributed by atoms with Gasteiger partial charge in [0.05, 0.1) is 5.56 Å². The van der Waals surface area contributed by atoms with Crippen molar-refractivity contribution in [2.45, 2.75) is 13.0 Å². The van der Waals surface area contributed by atoms with Gasteiger partial charge in [-0.25, -0.2) is 4.79 Å². The number of carboxylic acid groups (broad SMARTS) is 1. The molecule has 1 rings (SSSR count). The first kappa shape index (κ1) is 10.5. The molecule has 0 fully saturated rings. The molecule has 0 bridgehead atoms. The first-order valence-electron chi connectivity index (χ1n) is 3.80. The zero-order valence-corrected chi connectivity index (χ0v) is 9.28. The van der Waals surface area contributed by atoms with Crippen molar-refractivity contribution in [1.29, 1.82) is 0 Å². The van der Waals surface area contributed by atoms with E-state index < -0.39 is 5.97 Å². The van der Waals surface area contributed by atoms with E-state index in [2.05, 4.69) is 22.6 Å². The minimum Gasteiger partial charge on any atom is -0.478 e. The third-order valence-corrected chi connectivity index (χ3v) is 2.41. The van der Waals surface area contributed by atoms with Crippen molar-refractivity contribution in [3.63, 3.8) is 0 Å². The Bertz CT molecular complexity index is 336.